The number of nitrogens with zero attached hydrogens (tertiary/aromatic N) is 3. The fourth-order valence-corrected chi connectivity index (χ4v) is 3.74. The lowest BCUT2D eigenvalue weighted by Crippen LogP contribution is -2.24. The monoisotopic (exact) mass is 438 g/mol. The predicted octanol–water partition coefficient (Wildman–Crippen LogP) is 4.29. The lowest BCUT2D eigenvalue weighted by molar-refractivity contribution is 0.0696. The molecular formula is C24H27FN4O3. The summed E-state index contributed by atoms with van der Waals surface area (Å²) in [4.78, 5) is 26.1. The van der Waals surface area contributed by atoms with Gasteiger partial charge in [-0.25, -0.2) is 9.18 Å². The summed E-state index contributed by atoms with van der Waals surface area (Å²) < 4.78 is 16.0. The first kappa shape index (κ1) is 23.0. The summed E-state index contributed by atoms with van der Waals surface area (Å²) >= 11 is 0. The minimum Gasteiger partial charge on any atom is -0.478 e. The number of aryl methyl sites for hydroxylation is 2. The molecule has 3 aromatic rings. The van der Waals surface area contributed by atoms with Gasteiger partial charge >= 0.3 is 5.97 Å². The molecule has 0 unspecified atom stereocenters. The molecule has 0 bridgehead atoms. The van der Waals surface area contributed by atoms with E-state index in [0.29, 0.717) is 17.9 Å². The fraction of sp³-hybridized carbons (Fsp3) is 0.292. The van der Waals surface area contributed by atoms with Crippen LogP contribution in [-0.2, 0) is 13.0 Å². The molecule has 0 saturated heterocycles. The quantitative estimate of drug-likeness (QED) is 0.548. The summed E-state index contributed by atoms with van der Waals surface area (Å²) in [6.45, 7) is 7.48. The molecule has 2 N–H and O–H groups in total. The number of rotatable bonds is 8. The number of hydrogen-bond donors (Lipinski definition) is 2. The van der Waals surface area contributed by atoms with Crippen molar-refractivity contribution >= 4 is 23.3 Å². The molecule has 0 aliphatic rings. The average molecular weight is 439 g/mol. The van der Waals surface area contributed by atoms with Crippen LogP contribution in [0, 0.1) is 19.7 Å². The minimum atomic E-state index is -1.11. The van der Waals surface area contributed by atoms with Crippen molar-refractivity contribution in [1.82, 2.24) is 9.78 Å². The molecule has 0 atom stereocenters. The topological polar surface area (TPSA) is 87.5 Å². The van der Waals surface area contributed by atoms with Gasteiger partial charge < -0.3 is 15.3 Å². The van der Waals surface area contributed by atoms with Crippen molar-refractivity contribution in [3.63, 3.8) is 0 Å². The summed E-state index contributed by atoms with van der Waals surface area (Å²) in [5.74, 6) is -2.40. The van der Waals surface area contributed by atoms with Crippen LogP contribution in [0.1, 0.15) is 44.6 Å². The van der Waals surface area contributed by atoms with Crippen LogP contribution < -0.4 is 10.2 Å². The van der Waals surface area contributed by atoms with E-state index in [1.54, 1.807) is 12.1 Å². The number of amides is 1. The Morgan fingerprint density at radius 2 is 1.91 bits per heavy atom. The maximum absolute atomic E-state index is 14.1. The Kier molecular flexibility index (Phi) is 6.92. The van der Waals surface area contributed by atoms with Gasteiger partial charge in [-0.1, -0.05) is 12.1 Å². The molecule has 0 radical (unpaired) electrons. The van der Waals surface area contributed by atoms with E-state index in [1.807, 2.05) is 37.4 Å². The van der Waals surface area contributed by atoms with E-state index < -0.39 is 17.7 Å². The van der Waals surface area contributed by atoms with Crippen LogP contribution in [0.3, 0.4) is 0 Å². The standard InChI is InChI=1S/C24H27FN4O3/c1-5-29-16(3)18(15(2)27-29)12-13-28(4)22-11-10-17(24(31)32)14-21(22)26-23(30)19-8-6-7-9-20(19)25/h6-11,14H,5,12-13H2,1-4H3,(H,26,30)(H,31,32). The molecule has 168 valence electrons. The Bertz CT molecular complexity index is 1160. The Labute approximate surface area is 186 Å². The van der Waals surface area contributed by atoms with Gasteiger partial charge in [-0.2, -0.15) is 5.10 Å². The van der Waals surface area contributed by atoms with E-state index in [4.69, 9.17) is 0 Å². The van der Waals surface area contributed by atoms with Crippen molar-refractivity contribution in [1.29, 1.82) is 0 Å². The number of aromatic nitrogens is 2. The molecule has 1 amide bonds. The van der Waals surface area contributed by atoms with Crippen molar-refractivity contribution < 1.29 is 19.1 Å². The van der Waals surface area contributed by atoms with Crippen molar-refractivity contribution in [3.05, 3.63) is 76.4 Å². The third-order valence-electron chi connectivity index (χ3n) is 5.55. The number of hydrogen-bond acceptors (Lipinski definition) is 4. The molecule has 0 spiro atoms. The van der Waals surface area contributed by atoms with Gasteiger partial charge in [0.15, 0.2) is 0 Å². The van der Waals surface area contributed by atoms with Crippen LogP contribution in [0.15, 0.2) is 42.5 Å². The number of anilines is 2. The molecule has 3 rings (SSSR count). The first-order valence-corrected chi connectivity index (χ1v) is 10.4. The predicted molar refractivity (Wildman–Crippen MR) is 122 cm³/mol. The largest absolute Gasteiger partial charge is 0.478 e. The summed E-state index contributed by atoms with van der Waals surface area (Å²) in [6.07, 6.45) is 0.732. The first-order valence-electron chi connectivity index (χ1n) is 10.4. The number of halogens is 1. The van der Waals surface area contributed by atoms with E-state index in [1.165, 1.54) is 30.3 Å². The molecule has 8 heteroatoms. The maximum atomic E-state index is 14.1. The van der Waals surface area contributed by atoms with Crippen LogP contribution >= 0.6 is 0 Å². The summed E-state index contributed by atoms with van der Waals surface area (Å²) in [7, 11) is 1.86. The number of benzene rings is 2. The molecular weight excluding hydrogens is 411 g/mol. The number of carboxylic acids is 1. The van der Waals surface area contributed by atoms with Crippen molar-refractivity contribution in [2.45, 2.75) is 33.7 Å². The third-order valence-corrected chi connectivity index (χ3v) is 5.55. The van der Waals surface area contributed by atoms with Gasteiger partial charge in [-0.15, -0.1) is 0 Å². The number of carbonyl (C=O) groups excluding carboxylic acids is 1. The Balaban J connectivity index is 1.87. The lowest BCUT2D eigenvalue weighted by Gasteiger charge is -2.23. The Hall–Kier alpha value is -3.68. The molecule has 2 aromatic carbocycles. The third kappa shape index (κ3) is 4.80. The van der Waals surface area contributed by atoms with E-state index in [0.717, 1.165) is 29.9 Å². The number of carbonyl (C=O) groups is 2. The normalized spacial score (nSPS) is 10.8. The summed E-state index contributed by atoms with van der Waals surface area (Å²) in [5.41, 5.74) is 4.12. The van der Waals surface area contributed by atoms with E-state index in [2.05, 4.69) is 10.4 Å². The van der Waals surface area contributed by atoms with Gasteiger partial charge in [-0.05, 0) is 63.1 Å². The molecule has 0 saturated carbocycles. The highest BCUT2D eigenvalue weighted by Gasteiger charge is 2.18. The summed E-state index contributed by atoms with van der Waals surface area (Å²) in [6, 6.07) is 10.2. The zero-order chi connectivity index (χ0) is 23.4. The van der Waals surface area contributed by atoms with E-state index in [9.17, 15) is 19.1 Å². The second kappa shape index (κ2) is 9.64. The smallest absolute Gasteiger partial charge is 0.335 e. The van der Waals surface area contributed by atoms with Crippen molar-refractivity contribution in [2.24, 2.45) is 0 Å². The Morgan fingerprint density at radius 3 is 2.53 bits per heavy atom. The van der Waals surface area contributed by atoms with Crippen LogP contribution in [0.4, 0.5) is 15.8 Å². The van der Waals surface area contributed by atoms with Gasteiger partial charge in [-0.3, -0.25) is 9.48 Å². The highest BCUT2D eigenvalue weighted by Crippen LogP contribution is 2.28. The zero-order valence-electron chi connectivity index (χ0n) is 18.6. The average Bonchev–Trinajstić information content (AvgIpc) is 3.04. The van der Waals surface area contributed by atoms with Crippen LogP contribution in [0.2, 0.25) is 0 Å². The van der Waals surface area contributed by atoms with Gasteiger partial charge in [0.2, 0.25) is 0 Å². The fourth-order valence-electron chi connectivity index (χ4n) is 3.74. The van der Waals surface area contributed by atoms with Gasteiger partial charge in [0.05, 0.1) is 28.2 Å². The molecule has 0 aliphatic carbocycles. The van der Waals surface area contributed by atoms with E-state index in [-0.39, 0.29) is 11.1 Å². The molecule has 32 heavy (non-hydrogen) atoms. The number of aromatic carboxylic acids is 1. The Morgan fingerprint density at radius 1 is 1.19 bits per heavy atom. The lowest BCUT2D eigenvalue weighted by atomic mass is 10.1. The maximum Gasteiger partial charge on any atom is 0.335 e. The van der Waals surface area contributed by atoms with E-state index >= 15 is 0 Å². The second-order valence-corrected chi connectivity index (χ2v) is 7.61. The summed E-state index contributed by atoms with van der Waals surface area (Å²) in [5, 5.41) is 16.6. The SMILES string of the molecule is CCn1nc(C)c(CCN(C)c2ccc(C(=O)O)cc2NC(=O)c2ccccc2F)c1C. The second-order valence-electron chi connectivity index (χ2n) is 7.61. The molecule has 1 aromatic heterocycles. The highest BCUT2D eigenvalue weighted by atomic mass is 19.1. The van der Waals surface area contributed by atoms with Crippen molar-refractivity contribution in [2.75, 3.05) is 23.8 Å². The van der Waals surface area contributed by atoms with Gasteiger partial charge in [0.25, 0.3) is 5.91 Å². The first-order chi connectivity index (χ1) is 15.2. The van der Waals surface area contributed by atoms with Crippen LogP contribution in [-0.4, -0.2) is 40.4 Å². The van der Waals surface area contributed by atoms with Gasteiger partial charge in [0, 0.05) is 25.8 Å². The highest BCUT2D eigenvalue weighted by molar-refractivity contribution is 6.06. The molecule has 0 aliphatic heterocycles. The van der Waals surface area contributed by atoms with Crippen LogP contribution in [0.25, 0.3) is 0 Å². The number of likely N-dealkylation sites (N-methyl/N-ethyl adjacent to an activating group) is 1. The zero-order valence-corrected chi connectivity index (χ0v) is 18.6. The van der Waals surface area contributed by atoms with Crippen molar-refractivity contribution in [3.8, 4) is 0 Å². The molecule has 7 nitrogen and oxygen atoms in total. The molecule has 1 heterocycles. The van der Waals surface area contributed by atoms with Gasteiger partial charge in [0.1, 0.15) is 5.82 Å². The number of nitrogens with one attached hydrogen (secondary N) is 1. The minimum absolute atomic E-state index is 0.0295. The number of carboxylic acid groups (broad SMARTS) is 1. The van der Waals surface area contributed by atoms with Crippen LogP contribution in [0.5, 0.6) is 0 Å². The molecule has 0 fully saturated rings.